The number of benzene rings is 1. The molecule has 0 amide bonds. The second-order valence-electron chi connectivity index (χ2n) is 8.68. The maximum absolute atomic E-state index is 12.0. The molecular weight excluding hydrogens is 503 g/mol. The van der Waals surface area contributed by atoms with Gasteiger partial charge < -0.3 is 20.3 Å². The Morgan fingerprint density at radius 1 is 1.23 bits per heavy atom. The van der Waals surface area contributed by atoms with E-state index in [1.807, 2.05) is 14.0 Å². The molecule has 2 fully saturated rings. The van der Waals surface area contributed by atoms with Gasteiger partial charge in [0.1, 0.15) is 0 Å². The molecule has 6 nitrogen and oxygen atoms in total. The molecule has 31 heavy (non-hydrogen) atoms. The van der Waals surface area contributed by atoms with Crippen LogP contribution in [-0.4, -0.2) is 55.7 Å². The zero-order chi connectivity index (χ0) is 21.4. The van der Waals surface area contributed by atoms with Crippen LogP contribution in [-0.2, 0) is 9.53 Å². The van der Waals surface area contributed by atoms with Crippen LogP contribution in [0.5, 0.6) is 0 Å². The summed E-state index contributed by atoms with van der Waals surface area (Å²) < 4.78 is 5.19. The standard InChI is InChI=1S/C24H38N4O2.HI/c1-4-30-22(29)21-12-16-28(17-13-21)23(25-3)26-18-24(14-8-9-15-24)27-19(2)20-10-6-5-7-11-20;/h5-7,10-11,19,21,27H,4,8-9,12-18H2,1-3H3,(H,25,26);1H. The lowest BCUT2D eigenvalue weighted by molar-refractivity contribution is -0.149. The number of esters is 1. The fourth-order valence-electron chi connectivity index (χ4n) is 4.88. The Hall–Kier alpha value is -1.35. The summed E-state index contributed by atoms with van der Waals surface area (Å²) in [7, 11) is 1.85. The van der Waals surface area contributed by atoms with E-state index in [2.05, 4.69) is 57.8 Å². The molecule has 0 aromatic heterocycles. The molecule has 1 aromatic carbocycles. The molecule has 0 spiro atoms. The van der Waals surface area contributed by atoms with E-state index < -0.39 is 0 Å². The third kappa shape index (κ3) is 7.07. The van der Waals surface area contributed by atoms with Gasteiger partial charge in [-0.05, 0) is 45.1 Å². The first kappa shape index (κ1) is 25.9. The molecule has 174 valence electrons. The monoisotopic (exact) mass is 542 g/mol. The van der Waals surface area contributed by atoms with Crippen molar-refractivity contribution in [2.75, 3.05) is 33.3 Å². The average molecular weight is 543 g/mol. The Balaban J connectivity index is 0.00000341. The normalized spacial score (nSPS) is 20.1. The highest BCUT2D eigenvalue weighted by Gasteiger charge is 2.36. The first-order valence-corrected chi connectivity index (χ1v) is 11.5. The molecule has 0 radical (unpaired) electrons. The summed E-state index contributed by atoms with van der Waals surface area (Å²) in [5.41, 5.74) is 1.42. The number of hydrogen-bond donors (Lipinski definition) is 2. The Bertz CT molecular complexity index is 699. The predicted octanol–water partition coefficient (Wildman–Crippen LogP) is 4.12. The number of hydrogen-bond acceptors (Lipinski definition) is 4. The number of guanidine groups is 1. The van der Waals surface area contributed by atoms with E-state index >= 15 is 0 Å². The van der Waals surface area contributed by atoms with Crippen LogP contribution in [0.1, 0.15) is 64.0 Å². The molecule has 1 unspecified atom stereocenters. The number of ether oxygens (including phenoxy) is 1. The third-order valence-electron chi connectivity index (χ3n) is 6.59. The first-order valence-electron chi connectivity index (χ1n) is 11.5. The number of carbonyl (C=O) groups is 1. The van der Waals surface area contributed by atoms with Crippen molar-refractivity contribution in [3.8, 4) is 0 Å². The van der Waals surface area contributed by atoms with Crippen LogP contribution < -0.4 is 10.6 Å². The van der Waals surface area contributed by atoms with Crippen LogP contribution in [0, 0.1) is 5.92 Å². The highest BCUT2D eigenvalue weighted by Crippen LogP contribution is 2.32. The van der Waals surface area contributed by atoms with Crippen molar-refractivity contribution < 1.29 is 9.53 Å². The van der Waals surface area contributed by atoms with Crippen LogP contribution in [0.15, 0.2) is 35.3 Å². The second-order valence-corrected chi connectivity index (χ2v) is 8.68. The van der Waals surface area contributed by atoms with Crippen molar-refractivity contribution in [3.63, 3.8) is 0 Å². The van der Waals surface area contributed by atoms with Crippen molar-refractivity contribution >= 4 is 35.9 Å². The topological polar surface area (TPSA) is 66.0 Å². The molecule has 0 bridgehead atoms. The van der Waals surface area contributed by atoms with Gasteiger partial charge in [0.15, 0.2) is 5.96 Å². The van der Waals surface area contributed by atoms with Gasteiger partial charge in [-0.25, -0.2) is 0 Å². The van der Waals surface area contributed by atoms with Crippen LogP contribution >= 0.6 is 24.0 Å². The largest absolute Gasteiger partial charge is 0.466 e. The van der Waals surface area contributed by atoms with Crippen molar-refractivity contribution in [2.45, 2.75) is 64.0 Å². The van der Waals surface area contributed by atoms with Gasteiger partial charge >= 0.3 is 5.97 Å². The van der Waals surface area contributed by atoms with Gasteiger partial charge in [0.05, 0.1) is 12.5 Å². The summed E-state index contributed by atoms with van der Waals surface area (Å²) in [5.74, 6) is 0.913. The number of piperidine rings is 1. The molecule has 1 saturated carbocycles. The minimum atomic E-state index is -0.0518. The number of rotatable bonds is 7. The Kier molecular flexibility index (Phi) is 10.6. The van der Waals surface area contributed by atoms with Crippen molar-refractivity contribution in [3.05, 3.63) is 35.9 Å². The van der Waals surface area contributed by atoms with E-state index in [0.717, 1.165) is 38.4 Å². The van der Waals surface area contributed by atoms with Crippen molar-refractivity contribution in [1.29, 1.82) is 0 Å². The van der Waals surface area contributed by atoms with Gasteiger partial charge in [0.25, 0.3) is 0 Å². The molecule has 2 N–H and O–H groups in total. The average Bonchev–Trinajstić information content (AvgIpc) is 3.24. The lowest BCUT2D eigenvalue weighted by Crippen LogP contribution is -2.55. The molecule has 1 atom stereocenters. The fourth-order valence-corrected chi connectivity index (χ4v) is 4.88. The number of carbonyl (C=O) groups excluding carboxylic acids is 1. The van der Waals surface area contributed by atoms with Gasteiger partial charge in [0.2, 0.25) is 0 Å². The Labute approximate surface area is 204 Å². The van der Waals surface area contributed by atoms with Crippen molar-refractivity contribution in [2.24, 2.45) is 10.9 Å². The maximum atomic E-state index is 12.0. The summed E-state index contributed by atoms with van der Waals surface area (Å²) in [4.78, 5) is 18.8. The van der Waals surface area contributed by atoms with Gasteiger partial charge in [-0.15, -0.1) is 24.0 Å². The highest BCUT2D eigenvalue weighted by molar-refractivity contribution is 14.0. The van der Waals surface area contributed by atoms with E-state index in [1.54, 1.807) is 0 Å². The molecule has 7 heteroatoms. The van der Waals surface area contributed by atoms with Gasteiger partial charge in [-0.3, -0.25) is 9.79 Å². The zero-order valence-corrected chi connectivity index (χ0v) is 21.6. The molecule has 1 aliphatic heterocycles. The first-order chi connectivity index (χ1) is 14.6. The Morgan fingerprint density at radius 2 is 1.87 bits per heavy atom. The summed E-state index contributed by atoms with van der Waals surface area (Å²) >= 11 is 0. The van der Waals surface area contributed by atoms with Crippen molar-refractivity contribution in [1.82, 2.24) is 15.5 Å². The lowest BCUT2D eigenvalue weighted by atomic mass is 9.94. The summed E-state index contributed by atoms with van der Waals surface area (Å²) in [6, 6.07) is 11.0. The van der Waals surface area contributed by atoms with Crippen LogP contribution in [0.3, 0.4) is 0 Å². The van der Waals surface area contributed by atoms with Gasteiger partial charge in [0, 0.05) is 38.3 Å². The molecule has 1 aromatic rings. The number of nitrogens with one attached hydrogen (secondary N) is 2. The molecule has 1 saturated heterocycles. The Morgan fingerprint density at radius 3 is 2.45 bits per heavy atom. The van der Waals surface area contributed by atoms with E-state index in [4.69, 9.17) is 4.74 Å². The molecule has 1 heterocycles. The predicted molar refractivity (Wildman–Crippen MR) is 137 cm³/mol. The summed E-state index contributed by atoms with van der Waals surface area (Å²) in [6.07, 6.45) is 6.54. The SMILES string of the molecule is CCOC(=O)C1CCN(C(=NC)NCC2(NC(C)c3ccccc3)CCCC2)CC1.I. The maximum Gasteiger partial charge on any atom is 0.309 e. The number of halogens is 1. The van der Waals surface area contributed by atoms with E-state index in [0.29, 0.717) is 12.6 Å². The molecule has 1 aliphatic carbocycles. The van der Waals surface area contributed by atoms with E-state index in [-0.39, 0.29) is 41.4 Å². The van der Waals surface area contributed by atoms with Crippen LogP contribution in [0.25, 0.3) is 0 Å². The third-order valence-corrected chi connectivity index (χ3v) is 6.59. The zero-order valence-electron chi connectivity index (χ0n) is 19.2. The van der Waals surface area contributed by atoms with E-state index in [9.17, 15) is 4.79 Å². The number of likely N-dealkylation sites (tertiary alicyclic amines) is 1. The molecule has 3 rings (SSSR count). The molecular formula is C24H39IN4O2. The lowest BCUT2D eigenvalue weighted by Gasteiger charge is -2.37. The summed E-state index contributed by atoms with van der Waals surface area (Å²) in [5, 5.41) is 7.58. The minimum absolute atomic E-state index is 0. The second kappa shape index (κ2) is 12.6. The highest BCUT2D eigenvalue weighted by atomic mass is 127. The van der Waals surface area contributed by atoms with Gasteiger partial charge in [-0.1, -0.05) is 43.2 Å². The fraction of sp³-hybridized carbons (Fsp3) is 0.667. The van der Waals surface area contributed by atoms with Gasteiger partial charge in [-0.2, -0.15) is 0 Å². The number of nitrogens with zero attached hydrogens (tertiary/aromatic N) is 2. The molecule has 2 aliphatic rings. The van der Waals surface area contributed by atoms with Crippen LogP contribution in [0.4, 0.5) is 0 Å². The van der Waals surface area contributed by atoms with E-state index in [1.165, 1.54) is 31.2 Å². The minimum Gasteiger partial charge on any atom is -0.466 e. The summed E-state index contributed by atoms with van der Waals surface area (Å²) in [6.45, 7) is 7.12. The number of aliphatic imine (C=N–C) groups is 1. The smallest absolute Gasteiger partial charge is 0.309 e. The quantitative estimate of drug-likeness (QED) is 0.235. The van der Waals surface area contributed by atoms with Crippen LogP contribution in [0.2, 0.25) is 0 Å².